The first-order chi connectivity index (χ1) is 8.66. The van der Waals surface area contributed by atoms with Crippen molar-refractivity contribution in [2.75, 3.05) is 13.1 Å². The fraction of sp³-hybridized carbons (Fsp3) is 0.933. The van der Waals surface area contributed by atoms with Crippen LogP contribution in [0.3, 0.4) is 0 Å². The second-order valence-corrected chi connectivity index (χ2v) is 6.20. The van der Waals surface area contributed by atoms with Crippen molar-refractivity contribution in [1.29, 1.82) is 0 Å². The van der Waals surface area contributed by atoms with Crippen LogP contribution < -0.4 is 0 Å². The molecule has 2 aliphatic rings. The maximum Gasteiger partial charge on any atom is 0.225 e. The quantitative estimate of drug-likeness (QED) is 0.840. The first-order valence-corrected chi connectivity index (χ1v) is 7.63. The molecule has 1 aliphatic heterocycles. The number of piperidine rings is 1. The number of aliphatic hydroxyl groups excluding tert-OH is 1. The number of nitrogens with zero attached hydrogens (tertiary/aromatic N) is 1. The van der Waals surface area contributed by atoms with Gasteiger partial charge in [0.05, 0.1) is 6.10 Å². The SMILES string of the molecule is CC(CC1CCCCC1)C(=O)N1CCC(O)CC1. The molecule has 1 heterocycles. The summed E-state index contributed by atoms with van der Waals surface area (Å²) >= 11 is 0. The van der Waals surface area contributed by atoms with Crippen LogP contribution in [0.15, 0.2) is 0 Å². The van der Waals surface area contributed by atoms with Crippen LogP contribution in [-0.4, -0.2) is 35.1 Å². The molecule has 0 radical (unpaired) electrons. The molecule has 18 heavy (non-hydrogen) atoms. The number of aliphatic hydroxyl groups is 1. The van der Waals surface area contributed by atoms with Crippen LogP contribution in [0, 0.1) is 11.8 Å². The molecule has 3 nitrogen and oxygen atoms in total. The Morgan fingerprint density at radius 1 is 1.17 bits per heavy atom. The third-order valence-electron chi connectivity index (χ3n) is 4.61. The van der Waals surface area contributed by atoms with Crippen LogP contribution in [0.25, 0.3) is 0 Å². The van der Waals surface area contributed by atoms with Gasteiger partial charge in [0.25, 0.3) is 0 Å². The second-order valence-electron chi connectivity index (χ2n) is 6.20. The highest BCUT2D eigenvalue weighted by atomic mass is 16.3. The molecule has 0 aromatic heterocycles. The van der Waals surface area contributed by atoms with Gasteiger partial charge in [-0.05, 0) is 25.2 Å². The van der Waals surface area contributed by atoms with Crippen LogP contribution in [0.5, 0.6) is 0 Å². The Balaban J connectivity index is 1.77. The standard InChI is InChI=1S/C15H27NO2/c1-12(11-13-5-3-2-4-6-13)15(18)16-9-7-14(17)8-10-16/h12-14,17H,2-11H2,1H3. The van der Waals surface area contributed by atoms with Crippen molar-refractivity contribution in [1.82, 2.24) is 4.90 Å². The summed E-state index contributed by atoms with van der Waals surface area (Å²) in [5.41, 5.74) is 0. The molecule has 1 saturated carbocycles. The highest BCUT2D eigenvalue weighted by Gasteiger charge is 2.27. The lowest BCUT2D eigenvalue weighted by Gasteiger charge is -2.33. The molecule has 3 heteroatoms. The fourth-order valence-corrected chi connectivity index (χ4v) is 3.42. The molecule has 1 amide bonds. The van der Waals surface area contributed by atoms with Crippen LogP contribution in [0.1, 0.15) is 58.3 Å². The van der Waals surface area contributed by atoms with Crippen molar-refractivity contribution in [2.24, 2.45) is 11.8 Å². The van der Waals surface area contributed by atoms with Gasteiger partial charge in [0.2, 0.25) is 5.91 Å². The Hall–Kier alpha value is -0.570. The Kier molecular flexibility index (Phi) is 5.04. The highest BCUT2D eigenvalue weighted by Crippen LogP contribution is 2.29. The number of hydrogen-bond acceptors (Lipinski definition) is 2. The molecule has 1 unspecified atom stereocenters. The molecule has 0 spiro atoms. The Labute approximate surface area is 111 Å². The minimum absolute atomic E-state index is 0.170. The van der Waals surface area contributed by atoms with Gasteiger partial charge in [-0.1, -0.05) is 39.0 Å². The molecular weight excluding hydrogens is 226 g/mol. The summed E-state index contributed by atoms with van der Waals surface area (Å²) in [6.45, 7) is 3.58. The Morgan fingerprint density at radius 3 is 2.39 bits per heavy atom. The number of likely N-dealkylation sites (tertiary alicyclic amines) is 1. The molecular formula is C15H27NO2. The number of amides is 1. The first-order valence-electron chi connectivity index (χ1n) is 7.63. The predicted molar refractivity (Wildman–Crippen MR) is 72.2 cm³/mol. The molecule has 2 fully saturated rings. The zero-order chi connectivity index (χ0) is 13.0. The van der Waals surface area contributed by atoms with Crippen molar-refractivity contribution >= 4 is 5.91 Å². The first kappa shape index (κ1) is 13.9. The summed E-state index contributed by atoms with van der Waals surface area (Å²) in [6.07, 6.45) is 9.09. The average molecular weight is 253 g/mol. The summed E-state index contributed by atoms with van der Waals surface area (Å²) in [7, 11) is 0. The van der Waals surface area contributed by atoms with Crippen LogP contribution >= 0.6 is 0 Å². The van der Waals surface area contributed by atoms with Crippen molar-refractivity contribution < 1.29 is 9.90 Å². The van der Waals surface area contributed by atoms with Gasteiger partial charge in [0.15, 0.2) is 0 Å². The fourth-order valence-electron chi connectivity index (χ4n) is 3.42. The third-order valence-corrected chi connectivity index (χ3v) is 4.61. The van der Waals surface area contributed by atoms with Gasteiger partial charge in [-0.3, -0.25) is 4.79 Å². The molecule has 0 aromatic carbocycles. The molecule has 1 aliphatic carbocycles. The van der Waals surface area contributed by atoms with Gasteiger partial charge in [-0.15, -0.1) is 0 Å². The smallest absolute Gasteiger partial charge is 0.225 e. The minimum Gasteiger partial charge on any atom is -0.393 e. The molecule has 1 saturated heterocycles. The van der Waals surface area contributed by atoms with E-state index in [1.807, 2.05) is 4.90 Å². The monoisotopic (exact) mass is 253 g/mol. The predicted octanol–water partition coefficient (Wildman–Crippen LogP) is 2.58. The van der Waals surface area contributed by atoms with E-state index in [1.54, 1.807) is 0 Å². The lowest BCUT2D eigenvalue weighted by molar-refractivity contribution is -0.137. The van der Waals surface area contributed by atoms with E-state index in [0.29, 0.717) is 5.91 Å². The second kappa shape index (κ2) is 6.55. The number of carbonyl (C=O) groups is 1. The maximum absolute atomic E-state index is 12.3. The molecule has 2 rings (SSSR count). The third kappa shape index (κ3) is 3.71. The topological polar surface area (TPSA) is 40.5 Å². The maximum atomic E-state index is 12.3. The summed E-state index contributed by atoms with van der Waals surface area (Å²) in [5, 5.41) is 9.47. The molecule has 1 atom stereocenters. The van der Waals surface area contributed by atoms with E-state index in [2.05, 4.69) is 6.92 Å². The lowest BCUT2D eigenvalue weighted by Crippen LogP contribution is -2.42. The molecule has 0 bridgehead atoms. The highest BCUT2D eigenvalue weighted by molar-refractivity contribution is 5.78. The van der Waals surface area contributed by atoms with E-state index in [-0.39, 0.29) is 12.0 Å². The minimum atomic E-state index is -0.192. The number of rotatable bonds is 3. The van der Waals surface area contributed by atoms with Gasteiger partial charge in [0.1, 0.15) is 0 Å². The Bertz CT molecular complexity index is 266. The summed E-state index contributed by atoms with van der Waals surface area (Å²) in [5.74, 6) is 1.25. The number of carbonyl (C=O) groups excluding carboxylic acids is 1. The van der Waals surface area contributed by atoms with E-state index < -0.39 is 0 Å². The van der Waals surface area contributed by atoms with Gasteiger partial charge in [-0.2, -0.15) is 0 Å². The van der Waals surface area contributed by atoms with Gasteiger partial charge in [-0.25, -0.2) is 0 Å². The Morgan fingerprint density at radius 2 is 1.78 bits per heavy atom. The van der Waals surface area contributed by atoms with Crippen molar-refractivity contribution in [2.45, 2.75) is 64.4 Å². The van der Waals surface area contributed by atoms with E-state index in [1.165, 1.54) is 32.1 Å². The van der Waals surface area contributed by atoms with Crippen LogP contribution in [-0.2, 0) is 4.79 Å². The van der Waals surface area contributed by atoms with Crippen LogP contribution in [0.4, 0.5) is 0 Å². The van der Waals surface area contributed by atoms with Gasteiger partial charge < -0.3 is 10.0 Å². The van der Waals surface area contributed by atoms with Crippen molar-refractivity contribution in [3.05, 3.63) is 0 Å². The van der Waals surface area contributed by atoms with E-state index in [9.17, 15) is 9.90 Å². The van der Waals surface area contributed by atoms with Crippen LogP contribution in [0.2, 0.25) is 0 Å². The molecule has 0 aromatic rings. The lowest BCUT2D eigenvalue weighted by atomic mass is 9.83. The zero-order valence-electron chi connectivity index (χ0n) is 11.6. The van der Waals surface area contributed by atoms with E-state index >= 15 is 0 Å². The summed E-state index contributed by atoms with van der Waals surface area (Å²) in [6, 6.07) is 0. The summed E-state index contributed by atoms with van der Waals surface area (Å²) < 4.78 is 0. The molecule has 104 valence electrons. The summed E-state index contributed by atoms with van der Waals surface area (Å²) in [4.78, 5) is 14.3. The van der Waals surface area contributed by atoms with E-state index in [4.69, 9.17) is 0 Å². The van der Waals surface area contributed by atoms with E-state index in [0.717, 1.165) is 38.3 Å². The van der Waals surface area contributed by atoms with Crippen molar-refractivity contribution in [3.8, 4) is 0 Å². The van der Waals surface area contributed by atoms with Gasteiger partial charge in [0, 0.05) is 19.0 Å². The zero-order valence-corrected chi connectivity index (χ0v) is 11.6. The average Bonchev–Trinajstić information content (AvgIpc) is 2.40. The normalized spacial score (nSPS) is 25.1. The molecule has 1 N–H and O–H groups in total. The number of hydrogen-bond donors (Lipinski definition) is 1. The van der Waals surface area contributed by atoms with Gasteiger partial charge >= 0.3 is 0 Å². The van der Waals surface area contributed by atoms with Crippen molar-refractivity contribution in [3.63, 3.8) is 0 Å². The largest absolute Gasteiger partial charge is 0.393 e.